The average Bonchev–Trinajstić information content (AvgIpc) is 1.62. The van der Waals surface area contributed by atoms with Crippen LogP contribution in [-0.2, 0) is 172 Å². The molecule has 9 rings (SSSR count). The van der Waals surface area contributed by atoms with Crippen LogP contribution < -0.4 is 32.3 Å². The molecule has 0 radical (unpaired) electrons. The van der Waals surface area contributed by atoms with Crippen molar-refractivity contribution in [1.82, 2.24) is 71.6 Å². The summed E-state index contributed by atoms with van der Waals surface area (Å²) in [7, 11) is 0. The van der Waals surface area contributed by atoms with Crippen molar-refractivity contribution < 1.29 is 164 Å². The van der Waals surface area contributed by atoms with Gasteiger partial charge in [-0.2, -0.15) is 0 Å². The minimum atomic E-state index is -1.36. The zero-order valence-electron chi connectivity index (χ0n) is 72.8. The number of aliphatic hydroxyl groups is 6. The van der Waals surface area contributed by atoms with Crippen LogP contribution in [0.25, 0.3) is 0 Å². The summed E-state index contributed by atoms with van der Waals surface area (Å²) in [4.78, 5) is 73.9. The first-order valence-corrected chi connectivity index (χ1v) is 43.0. The van der Waals surface area contributed by atoms with Gasteiger partial charge in [-0.05, 0) is 38.6 Å². The number of carbonyl (C=O) groups is 6. The fourth-order valence-electron chi connectivity index (χ4n) is 14.4. The van der Waals surface area contributed by atoms with E-state index in [1.54, 1.807) is 32.6 Å². The van der Waals surface area contributed by atoms with Crippen LogP contribution >= 0.6 is 0 Å². The molecule has 0 spiro atoms. The van der Waals surface area contributed by atoms with Crippen LogP contribution in [0, 0.1) is 0 Å². The van der Waals surface area contributed by atoms with Crippen LogP contribution in [0.15, 0.2) is 18.6 Å². The number of aliphatic hydroxyl groups excluding tert-OH is 6. The van der Waals surface area contributed by atoms with Crippen molar-refractivity contribution in [2.24, 2.45) is 5.73 Å². The number of aromatic nitrogens is 9. The number of ether oxygens (including phenoxy) is 22. The van der Waals surface area contributed by atoms with E-state index in [1.807, 2.05) is 0 Å². The summed E-state index contributed by atoms with van der Waals surface area (Å²) in [5.41, 5.74) is 1.87. The Morgan fingerprint density at radius 2 is 0.764 bits per heavy atom. The van der Waals surface area contributed by atoms with Gasteiger partial charge in [0.15, 0.2) is 25.0 Å². The van der Waals surface area contributed by atoms with Gasteiger partial charge in [0.1, 0.15) is 94.2 Å². The number of hydrogen-bond donors (Lipinski definition) is 12. The Balaban J connectivity index is 0.711. The van der Waals surface area contributed by atoms with Crippen molar-refractivity contribution in [2.45, 2.75) is 214 Å². The van der Waals surface area contributed by atoms with Gasteiger partial charge in [0.2, 0.25) is 23.6 Å². The minimum absolute atomic E-state index is 0.0222. The van der Waals surface area contributed by atoms with Gasteiger partial charge in [-0.25, -0.2) is 14.0 Å². The molecule has 9 heterocycles. The Bertz CT molecular complexity index is 3370. The van der Waals surface area contributed by atoms with E-state index in [0.717, 1.165) is 0 Å². The van der Waals surface area contributed by atoms with Crippen LogP contribution in [0.1, 0.15) is 89.7 Å². The smallest absolute Gasteiger partial charge is 0.303 e. The van der Waals surface area contributed by atoms with Crippen molar-refractivity contribution in [2.75, 3.05) is 211 Å². The number of nitrogens with two attached hydrogens (primary N) is 1. The molecular weight excluding hydrogens is 1690 g/mol. The number of nitrogens with one attached hydrogen (secondary N) is 5. The van der Waals surface area contributed by atoms with Gasteiger partial charge in [-0.3, -0.25) is 28.8 Å². The van der Waals surface area contributed by atoms with Gasteiger partial charge < -0.3 is 167 Å². The molecule has 0 aromatic carbocycles. The number of nitrogens with zero attached hydrogens (tertiary/aromatic N) is 9. The normalized spacial score (nSPS) is 25.6. The quantitative estimate of drug-likeness (QED) is 0.0185. The zero-order valence-corrected chi connectivity index (χ0v) is 72.8. The predicted octanol–water partition coefficient (Wildman–Crippen LogP) is -6.74. The fraction of sp³-hybridized carbons (Fsp3) is 0.846. The van der Waals surface area contributed by atoms with Gasteiger partial charge in [-0.15, -0.1) is 15.3 Å². The highest BCUT2D eigenvalue weighted by Crippen LogP contribution is 2.40. The summed E-state index contributed by atoms with van der Waals surface area (Å²) >= 11 is 0. The van der Waals surface area contributed by atoms with Crippen molar-refractivity contribution in [3.63, 3.8) is 0 Å². The Hall–Kier alpha value is -6.88. The molecule has 49 nitrogen and oxygen atoms in total. The summed E-state index contributed by atoms with van der Waals surface area (Å²) in [6.45, 7) is 11.5. The Labute approximate surface area is 734 Å². The van der Waals surface area contributed by atoms with Gasteiger partial charge in [-0.1, -0.05) is 22.1 Å². The van der Waals surface area contributed by atoms with Crippen LogP contribution in [0.3, 0.4) is 0 Å². The lowest BCUT2D eigenvalue weighted by molar-refractivity contribution is -0.238. The van der Waals surface area contributed by atoms with Gasteiger partial charge in [0, 0.05) is 40.7 Å². The molecule has 127 heavy (non-hydrogen) atoms. The largest absolute Gasteiger partial charge is 0.452 e. The van der Waals surface area contributed by atoms with Crippen LogP contribution in [0.4, 0.5) is 0 Å². The van der Waals surface area contributed by atoms with Crippen LogP contribution in [0.2, 0.25) is 0 Å². The highest BCUT2D eigenvalue weighted by atomic mass is 16.8. The molecule has 6 fully saturated rings. The van der Waals surface area contributed by atoms with Crippen molar-refractivity contribution in [3.8, 4) is 0 Å². The monoisotopic (exact) mass is 1820 g/mol. The third-order valence-electron chi connectivity index (χ3n) is 20.9. The summed E-state index contributed by atoms with van der Waals surface area (Å²) in [6, 6.07) is -2.75. The molecule has 13 N–H and O–H groups in total. The van der Waals surface area contributed by atoms with Crippen LogP contribution in [-0.4, -0.2) is 424 Å². The second-order valence-electron chi connectivity index (χ2n) is 31.5. The highest BCUT2D eigenvalue weighted by molar-refractivity contribution is 5.83. The molecule has 0 aliphatic carbocycles. The first kappa shape index (κ1) is 104. The molecule has 6 aliphatic rings. The second kappa shape index (κ2) is 55.5. The number of unbranched alkanes of at least 4 members (excludes halogenated alkanes) is 3. The average molecular weight is 1820 g/mol. The molecule has 6 saturated heterocycles. The molecular formula is C78H131N15O34. The minimum Gasteiger partial charge on any atom is -0.452 e. The van der Waals surface area contributed by atoms with E-state index < -0.39 is 132 Å². The first-order chi connectivity index (χ1) is 61.4. The maximum atomic E-state index is 14.3. The van der Waals surface area contributed by atoms with Crippen molar-refractivity contribution in [1.29, 1.82) is 0 Å². The maximum absolute atomic E-state index is 14.3. The number of carbonyl (C=O) groups excluding carboxylic acids is 6. The topological polar surface area (TPSA) is 605 Å². The predicted molar refractivity (Wildman–Crippen MR) is 429 cm³/mol. The molecule has 6 aliphatic heterocycles. The van der Waals surface area contributed by atoms with E-state index in [0.29, 0.717) is 102 Å². The Morgan fingerprint density at radius 1 is 0.441 bits per heavy atom. The first-order valence-electron chi connectivity index (χ1n) is 43.0. The number of hydrogen-bond acceptors (Lipinski definition) is 41. The summed E-state index contributed by atoms with van der Waals surface area (Å²) in [5, 5.41) is 104. The van der Waals surface area contributed by atoms with E-state index in [2.05, 4.69) is 57.5 Å². The molecule has 0 saturated carbocycles. The number of amides is 5. The third-order valence-corrected chi connectivity index (χ3v) is 20.9. The third kappa shape index (κ3) is 34.3. The maximum Gasteiger partial charge on any atom is 0.303 e. The summed E-state index contributed by atoms with van der Waals surface area (Å²) in [6.07, 6.45) is -3.37. The van der Waals surface area contributed by atoms with Crippen LogP contribution in [0.5, 0.6) is 0 Å². The summed E-state index contributed by atoms with van der Waals surface area (Å²) in [5.74, 6) is -2.51. The van der Waals surface area contributed by atoms with Gasteiger partial charge in [0.05, 0.1) is 256 Å². The van der Waals surface area contributed by atoms with E-state index in [1.165, 1.54) is 27.7 Å². The zero-order chi connectivity index (χ0) is 90.7. The van der Waals surface area contributed by atoms with E-state index in [9.17, 15) is 59.4 Å². The van der Waals surface area contributed by atoms with E-state index in [-0.39, 0.29) is 217 Å². The SMILES string of the molecule is CC(=O)N[C@H]1[C@H]2OC[C@](COCCOCCOCCOCCn3cc(COCC(COCc4cn(CCOCCOCCOCCOC[C@@]56CO[C@@H](O5)[C@H](NC(C)=O)[C@@H](O)[C@H]6O)nn4)(COCc4cn(CCOCCOCCOCCOC[C@@]56CO[C@@H](O5)[C@H](NC(C)=O)[C@@H](O)[C@H]6O)nn4)NC(=O)CCCCCNC(=O)C(CCCCN)OC(C)=O)nn3)(O2)[C@H](O)[C@@H]1O. The fourth-order valence-corrected chi connectivity index (χ4v) is 14.4. The van der Waals surface area contributed by atoms with E-state index in [4.69, 9.17) is 110 Å². The molecule has 5 amide bonds. The molecule has 49 heteroatoms. The molecule has 722 valence electrons. The lowest BCUT2D eigenvalue weighted by Crippen LogP contribution is -2.66. The summed E-state index contributed by atoms with van der Waals surface area (Å²) < 4.78 is 132. The lowest BCUT2D eigenvalue weighted by Gasteiger charge is -2.42. The Morgan fingerprint density at radius 3 is 1.08 bits per heavy atom. The lowest BCUT2D eigenvalue weighted by atomic mass is 9.88. The molecule has 16 atom stereocenters. The number of esters is 1. The van der Waals surface area contributed by atoms with Gasteiger partial charge in [0.25, 0.3) is 5.91 Å². The molecule has 3 aromatic heterocycles. The highest BCUT2D eigenvalue weighted by Gasteiger charge is 2.62. The number of rotatable bonds is 70. The Kier molecular flexibility index (Phi) is 45.3. The number of fused-ring (bicyclic) bond motifs is 6. The second-order valence-corrected chi connectivity index (χ2v) is 31.5. The molecule has 1 unspecified atom stereocenters. The standard InChI is InChI=1S/C78H131N15O34/c1-53(94)81-62-65(99)68(102)76(50-121-72(62)125-76)47-115-35-32-112-29-26-109-23-20-106-17-14-91-38-57(85-88-91)41-118-44-75(84-61(98)11-6-5-9-13-80-71(105)60(124-56(4)97)10-7-8-12-79,45-119-42-58-39-92(89-86-58)15-18-107-21-24-110-27-30-113-33-36-116-48-77-51-122-73(126-77)63(82-54(2)95)66(100)69(77)103)46-120-43-59-40-93(90-87-59)16-19-108-22-25-111-28-31-114-34-37-117-49-78-52-123-74(127-78)64(83-55(3)96)67(101)70(78)104/h38-40,60,62-70,72-74,99-104H,5-37,41-52,79H2,1-4H3,(H,80,105)(H,81,94)(H,82,95)(H,83,96)(H,84,98)/t60?,62-,63-,64-,65-,66-,67-,68-,69-,70-,72+,73+,74+,76+,77+,78+/m1/s1. The van der Waals surface area contributed by atoms with E-state index >= 15 is 0 Å². The van der Waals surface area contributed by atoms with Gasteiger partial charge >= 0.3 is 5.97 Å². The van der Waals surface area contributed by atoms with Crippen molar-refractivity contribution >= 4 is 35.5 Å². The van der Waals surface area contributed by atoms with Crippen molar-refractivity contribution in [3.05, 3.63) is 35.7 Å². The molecule has 6 bridgehead atoms. The molecule has 3 aromatic rings.